The lowest BCUT2D eigenvalue weighted by Gasteiger charge is -2.17. The van der Waals surface area contributed by atoms with Crippen LogP contribution in [0.1, 0.15) is 18.3 Å². The summed E-state index contributed by atoms with van der Waals surface area (Å²) in [4.78, 5) is 3.17. The van der Waals surface area contributed by atoms with E-state index in [2.05, 4.69) is 11.6 Å². The average molecular weight is 150 g/mol. The zero-order valence-electron chi connectivity index (χ0n) is 7.02. The molecule has 0 bridgehead atoms. The minimum atomic E-state index is -0.436. The van der Waals surface area contributed by atoms with Crippen LogP contribution in [0.25, 0.3) is 0 Å². The van der Waals surface area contributed by atoms with Gasteiger partial charge in [0.2, 0.25) is 0 Å². The SMILES string of the molecule is C=C[C@@](C)(N)c1ccc(C)[nH]1. The van der Waals surface area contributed by atoms with Gasteiger partial charge in [-0.2, -0.15) is 0 Å². The van der Waals surface area contributed by atoms with E-state index in [9.17, 15) is 0 Å². The van der Waals surface area contributed by atoms with E-state index < -0.39 is 5.54 Å². The van der Waals surface area contributed by atoms with Crippen LogP contribution in [-0.2, 0) is 5.54 Å². The quantitative estimate of drug-likeness (QED) is 0.619. The fraction of sp³-hybridized carbons (Fsp3) is 0.333. The van der Waals surface area contributed by atoms with Gasteiger partial charge in [-0.25, -0.2) is 0 Å². The molecule has 1 atom stereocenters. The maximum absolute atomic E-state index is 5.90. The second kappa shape index (κ2) is 2.55. The zero-order chi connectivity index (χ0) is 8.48. The van der Waals surface area contributed by atoms with Crippen LogP contribution in [0.2, 0.25) is 0 Å². The van der Waals surface area contributed by atoms with Gasteiger partial charge in [-0.1, -0.05) is 6.08 Å². The van der Waals surface area contributed by atoms with E-state index in [1.807, 2.05) is 26.0 Å². The van der Waals surface area contributed by atoms with Gasteiger partial charge < -0.3 is 10.7 Å². The molecule has 1 rings (SSSR count). The van der Waals surface area contributed by atoms with Crippen molar-refractivity contribution in [3.05, 3.63) is 36.2 Å². The first-order valence-electron chi connectivity index (χ1n) is 3.65. The Balaban J connectivity index is 3.01. The van der Waals surface area contributed by atoms with Crippen LogP contribution in [0.5, 0.6) is 0 Å². The molecule has 1 heterocycles. The maximum Gasteiger partial charge on any atom is 0.0715 e. The van der Waals surface area contributed by atoms with Gasteiger partial charge >= 0.3 is 0 Å². The Kier molecular flexibility index (Phi) is 1.87. The molecule has 1 aromatic rings. The van der Waals surface area contributed by atoms with E-state index in [0.29, 0.717) is 0 Å². The van der Waals surface area contributed by atoms with Gasteiger partial charge in [-0.3, -0.25) is 0 Å². The Morgan fingerprint density at radius 1 is 1.64 bits per heavy atom. The molecule has 0 aromatic carbocycles. The predicted molar refractivity (Wildman–Crippen MR) is 47.3 cm³/mol. The molecule has 2 heteroatoms. The highest BCUT2D eigenvalue weighted by Crippen LogP contribution is 2.17. The normalized spacial score (nSPS) is 15.9. The third kappa shape index (κ3) is 1.52. The van der Waals surface area contributed by atoms with Gasteiger partial charge in [0.05, 0.1) is 5.54 Å². The molecular weight excluding hydrogens is 136 g/mol. The molecule has 0 unspecified atom stereocenters. The van der Waals surface area contributed by atoms with E-state index in [-0.39, 0.29) is 0 Å². The molecule has 0 spiro atoms. The fourth-order valence-electron chi connectivity index (χ4n) is 0.928. The van der Waals surface area contributed by atoms with Crippen LogP contribution < -0.4 is 5.73 Å². The topological polar surface area (TPSA) is 41.8 Å². The van der Waals surface area contributed by atoms with Crippen LogP contribution in [0, 0.1) is 6.92 Å². The first kappa shape index (κ1) is 8.08. The highest BCUT2D eigenvalue weighted by molar-refractivity contribution is 5.23. The summed E-state index contributed by atoms with van der Waals surface area (Å²) in [5.74, 6) is 0. The molecule has 0 radical (unpaired) electrons. The summed E-state index contributed by atoms with van der Waals surface area (Å²) in [6, 6.07) is 3.99. The lowest BCUT2D eigenvalue weighted by Crippen LogP contribution is -2.30. The number of nitrogens with two attached hydrogens (primary N) is 1. The van der Waals surface area contributed by atoms with Gasteiger partial charge in [0.1, 0.15) is 0 Å². The summed E-state index contributed by atoms with van der Waals surface area (Å²) in [5, 5.41) is 0. The van der Waals surface area contributed by atoms with Crippen molar-refractivity contribution >= 4 is 0 Å². The molecule has 0 aliphatic heterocycles. The lowest BCUT2D eigenvalue weighted by molar-refractivity contribution is 0.611. The molecular formula is C9H14N2. The van der Waals surface area contributed by atoms with Gasteiger partial charge in [-0.15, -0.1) is 6.58 Å². The van der Waals surface area contributed by atoms with Gasteiger partial charge in [0, 0.05) is 11.4 Å². The zero-order valence-corrected chi connectivity index (χ0v) is 7.02. The van der Waals surface area contributed by atoms with E-state index in [0.717, 1.165) is 11.4 Å². The third-order valence-electron chi connectivity index (χ3n) is 1.84. The maximum atomic E-state index is 5.90. The van der Waals surface area contributed by atoms with Crippen LogP contribution >= 0.6 is 0 Å². The fourth-order valence-corrected chi connectivity index (χ4v) is 0.928. The summed E-state index contributed by atoms with van der Waals surface area (Å²) < 4.78 is 0. The largest absolute Gasteiger partial charge is 0.361 e. The molecule has 0 fully saturated rings. The number of H-pyrrole nitrogens is 1. The van der Waals surface area contributed by atoms with Crippen molar-refractivity contribution in [2.45, 2.75) is 19.4 Å². The molecule has 2 nitrogen and oxygen atoms in total. The predicted octanol–water partition coefficient (Wildman–Crippen LogP) is 1.68. The van der Waals surface area contributed by atoms with Crippen molar-refractivity contribution in [1.82, 2.24) is 4.98 Å². The molecule has 1 aromatic heterocycles. The lowest BCUT2D eigenvalue weighted by atomic mass is 10.0. The number of aromatic amines is 1. The van der Waals surface area contributed by atoms with Crippen LogP contribution in [-0.4, -0.2) is 4.98 Å². The standard InChI is InChI=1S/C9H14N2/c1-4-9(3,10)8-6-5-7(2)11-8/h4-6,11H,1,10H2,2-3H3/t9-/m1/s1. The summed E-state index contributed by atoms with van der Waals surface area (Å²) in [5.41, 5.74) is 7.59. The van der Waals surface area contributed by atoms with Crippen molar-refractivity contribution in [2.75, 3.05) is 0 Å². The smallest absolute Gasteiger partial charge is 0.0715 e. The Bertz CT molecular complexity index is 258. The third-order valence-corrected chi connectivity index (χ3v) is 1.84. The van der Waals surface area contributed by atoms with E-state index >= 15 is 0 Å². The Morgan fingerprint density at radius 2 is 2.27 bits per heavy atom. The molecule has 0 aliphatic carbocycles. The highest BCUT2D eigenvalue weighted by atomic mass is 14.8. The molecule has 11 heavy (non-hydrogen) atoms. The number of aromatic nitrogens is 1. The Labute approximate surface area is 67.1 Å². The number of hydrogen-bond donors (Lipinski definition) is 2. The monoisotopic (exact) mass is 150 g/mol. The minimum absolute atomic E-state index is 0.436. The van der Waals surface area contributed by atoms with Gasteiger partial charge in [0.25, 0.3) is 0 Å². The number of nitrogens with one attached hydrogen (secondary N) is 1. The Hall–Kier alpha value is -1.02. The first-order chi connectivity index (χ1) is 5.06. The second-order valence-electron chi connectivity index (χ2n) is 3.04. The van der Waals surface area contributed by atoms with Crippen molar-refractivity contribution in [3.63, 3.8) is 0 Å². The first-order valence-corrected chi connectivity index (χ1v) is 3.65. The summed E-state index contributed by atoms with van der Waals surface area (Å²) in [6.07, 6.45) is 1.73. The number of hydrogen-bond acceptors (Lipinski definition) is 1. The van der Waals surface area contributed by atoms with Crippen LogP contribution in [0.4, 0.5) is 0 Å². The van der Waals surface area contributed by atoms with Crippen molar-refractivity contribution in [3.8, 4) is 0 Å². The van der Waals surface area contributed by atoms with Crippen molar-refractivity contribution in [2.24, 2.45) is 5.73 Å². The van der Waals surface area contributed by atoms with Crippen LogP contribution in [0.3, 0.4) is 0 Å². The minimum Gasteiger partial charge on any atom is -0.361 e. The summed E-state index contributed by atoms with van der Waals surface area (Å²) >= 11 is 0. The van der Waals surface area contributed by atoms with E-state index in [4.69, 9.17) is 5.73 Å². The highest BCUT2D eigenvalue weighted by Gasteiger charge is 2.17. The Morgan fingerprint density at radius 3 is 2.64 bits per heavy atom. The van der Waals surface area contributed by atoms with Gasteiger partial charge in [-0.05, 0) is 26.0 Å². The molecule has 0 aliphatic rings. The van der Waals surface area contributed by atoms with E-state index in [1.165, 1.54) is 0 Å². The second-order valence-corrected chi connectivity index (χ2v) is 3.04. The summed E-state index contributed by atoms with van der Waals surface area (Å²) in [7, 11) is 0. The molecule has 0 saturated carbocycles. The van der Waals surface area contributed by atoms with Crippen LogP contribution in [0.15, 0.2) is 24.8 Å². The molecule has 0 saturated heterocycles. The molecule has 3 N–H and O–H groups in total. The van der Waals surface area contributed by atoms with Crippen molar-refractivity contribution in [1.29, 1.82) is 0 Å². The van der Waals surface area contributed by atoms with Gasteiger partial charge in [0.15, 0.2) is 0 Å². The van der Waals surface area contributed by atoms with E-state index in [1.54, 1.807) is 6.08 Å². The molecule has 0 amide bonds. The van der Waals surface area contributed by atoms with Crippen molar-refractivity contribution < 1.29 is 0 Å². The molecule has 60 valence electrons. The number of rotatable bonds is 2. The summed E-state index contributed by atoms with van der Waals surface area (Å²) in [6.45, 7) is 7.60. The average Bonchev–Trinajstić information content (AvgIpc) is 2.36. The number of aryl methyl sites for hydroxylation is 1.